The average Bonchev–Trinajstić information content (AvgIpc) is 3.53. The summed E-state index contributed by atoms with van der Waals surface area (Å²) in [5.41, 5.74) is 2.84. The van der Waals surface area contributed by atoms with E-state index in [2.05, 4.69) is 22.8 Å². The molecule has 1 aliphatic rings. The van der Waals surface area contributed by atoms with E-state index in [0.717, 1.165) is 29.2 Å². The van der Waals surface area contributed by atoms with Crippen LogP contribution in [0.4, 0.5) is 4.79 Å². The van der Waals surface area contributed by atoms with Crippen LogP contribution < -0.4 is 20.1 Å². The lowest BCUT2D eigenvalue weighted by molar-refractivity contribution is 0.0520. The maximum Gasteiger partial charge on any atom is 0.407 e. The van der Waals surface area contributed by atoms with E-state index in [9.17, 15) is 4.79 Å². The van der Waals surface area contributed by atoms with Gasteiger partial charge in [-0.2, -0.15) is 0 Å². The Morgan fingerprint density at radius 1 is 1.03 bits per heavy atom. The van der Waals surface area contributed by atoms with Gasteiger partial charge in [0.1, 0.15) is 23.7 Å². The van der Waals surface area contributed by atoms with Crippen LogP contribution in [0.1, 0.15) is 39.2 Å². The minimum absolute atomic E-state index is 0.362. The number of rotatable bonds is 9. The SMILES string of the molecule is COc1ccc(-c2cc(CNC3CC3)cc(OCCNC(=O)OC(C)(C)C)c2)cc1. The molecule has 6 heteroatoms. The molecule has 2 aromatic carbocycles. The second-order valence-corrected chi connectivity index (χ2v) is 8.53. The predicted octanol–water partition coefficient (Wildman–Crippen LogP) is 4.52. The highest BCUT2D eigenvalue weighted by atomic mass is 16.6. The first-order valence-corrected chi connectivity index (χ1v) is 10.4. The van der Waals surface area contributed by atoms with E-state index < -0.39 is 11.7 Å². The number of carbonyl (C=O) groups excluding carboxylic acids is 1. The predicted molar refractivity (Wildman–Crippen MR) is 118 cm³/mol. The summed E-state index contributed by atoms with van der Waals surface area (Å²) in [7, 11) is 1.66. The van der Waals surface area contributed by atoms with E-state index in [1.54, 1.807) is 7.11 Å². The number of nitrogens with one attached hydrogen (secondary N) is 2. The Morgan fingerprint density at radius 3 is 2.40 bits per heavy atom. The van der Waals surface area contributed by atoms with Gasteiger partial charge in [0.05, 0.1) is 13.7 Å². The summed E-state index contributed by atoms with van der Waals surface area (Å²) in [6.45, 7) is 7.06. The Balaban J connectivity index is 1.64. The van der Waals surface area contributed by atoms with Gasteiger partial charge < -0.3 is 24.8 Å². The molecule has 1 aliphatic carbocycles. The molecule has 1 saturated carbocycles. The molecule has 2 N–H and O–H groups in total. The summed E-state index contributed by atoms with van der Waals surface area (Å²) < 4.78 is 16.4. The molecule has 0 saturated heterocycles. The number of hydrogen-bond donors (Lipinski definition) is 2. The van der Waals surface area contributed by atoms with E-state index >= 15 is 0 Å². The van der Waals surface area contributed by atoms with Crippen molar-refractivity contribution in [2.45, 2.75) is 51.8 Å². The maximum atomic E-state index is 11.8. The molecule has 0 spiro atoms. The Labute approximate surface area is 178 Å². The molecule has 0 radical (unpaired) electrons. The number of amides is 1. The van der Waals surface area contributed by atoms with Crippen LogP contribution in [-0.2, 0) is 11.3 Å². The summed E-state index contributed by atoms with van der Waals surface area (Å²) >= 11 is 0. The summed E-state index contributed by atoms with van der Waals surface area (Å²) in [5.74, 6) is 1.61. The zero-order valence-electron chi connectivity index (χ0n) is 18.3. The topological polar surface area (TPSA) is 68.8 Å². The second kappa shape index (κ2) is 9.85. The van der Waals surface area contributed by atoms with E-state index in [1.165, 1.54) is 18.4 Å². The first kappa shape index (κ1) is 22.0. The van der Waals surface area contributed by atoms with Gasteiger partial charge in [0, 0.05) is 12.6 Å². The first-order chi connectivity index (χ1) is 14.3. The van der Waals surface area contributed by atoms with Gasteiger partial charge in [-0.05, 0) is 80.6 Å². The summed E-state index contributed by atoms with van der Waals surface area (Å²) in [6, 6.07) is 14.9. The zero-order valence-corrected chi connectivity index (χ0v) is 18.3. The first-order valence-electron chi connectivity index (χ1n) is 10.4. The lowest BCUT2D eigenvalue weighted by Gasteiger charge is -2.19. The molecule has 30 heavy (non-hydrogen) atoms. The smallest absolute Gasteiger partial charge is 0.407 e. The lowest BCUT2D eigenvalue weighted by atomic mass is 10.0. The van der Waals surface area contributed by atoms with Crippen molar-refractivity contribution in [3.8, 4) is 22.6 Å². The monoisotopic (exact) mass is 412 g/mol. The Morgan fingerprint density at radius 2 is 1.77 bits per heavy atom. The van der Waals surface area contributed by atoms with Crippen LogP contribution in [0.15, 0.2) is 42.5 Å². The molecular weight excluding hydrogens is 380 g/mol. The molecule has 1 fully saturated rings. The minimum Gasteiger partial charge on any atom is -0.497 e. The highest BCUT2D eigenvalue weighted by Gasteiger charge is 2.20. The van der Waals surface area contributed by atoms with Crippen molar-refractivity contribution in [2.75, 3.05) is 20.3 Å². The van der Waals surface area contributed by atoms with Crippen LogP contribution in [0.5, 0.6) is 11.5 Å². The van der Waals surface area contributed by atoms with Crippen molar-refractivity contribution in [3.63, 3.8) is 0 Å². The molecule has 6 nitrogen and oxygen atoms in total. The van der Waals surface area contributed by atoms with E-state index in [4.69, 9.17) is 14.2 Å². The van der Waals surface area contributed by atoms with Gasteiger partial charge >= 0.3 is 6.09 Å². The number of benzene rings is 2. The van der Waals surface area contributed by atoms with E-state index in [0.29, 0.717) is 19.2 Å². The van der Waals surface area contributed by atoms with Crippen molar-refractivity contribution in [3.05, 3.63) is 48.0 Å². The molecule has 0 bridgehead atoms. The highest BCUT2D eigenvalue weighted by Crippen LogP contribution is 2.28. The molecule has 162 valence electrons. The van der Waals surface area contributed by atoms with Crippen molar-refractivity contribution >= 4 is 6.09 Å². The molecule has 0 unspecified atom stereocenters. The molecule has 1 amide bonds. The van der Waals surface area contributed by atoms with Gasteiger partial charge in [0.25, 0.3) is 0 Å². The molecule has 0 heterocycles. The third-order valence-corrected chi connectivity index (χ3v) is 4.60. The number of methoxy groups -OCH3 is 1. The largest absolute Gasteiger partial charge is 0.497 e. The highest BCUT2D eigenvalue weighted by molar-refractivity contribution is 5.68. The van der Waals surface area contributed by atoms with Crippen LogP contribution in [0.25, 0.3) is 11.1 Å². The fourth-order valence-corrected chi connectivity index (χ4v) is 2.98. The third-order valence-electron chi connectivity index (χ3n) is 4.60. The molecular formula is C24H32N2O4. The van der Waals surface area contributed by atoms with Crippen molar-refractivity contribution in [2.24, 2.45) is 0 Å². The summed E-state index contributed by atoms with van der Waals surface area (Å²) in [5, 5.41) is 6.27. The van der Waals surface area contributed by atoms with Crippen molar-refractivity contribution in [1.29, 1.82) is 0 Å². The fraction of sp³-hybridized carbons (Fsp3) is 0.458. The zero-order chi connectivity index (χ0) is 21.6. The van der Waals surface area contributed by atoms with Crippen LogP contribution >= 0.6 is 0 Å². The molecule has 0 aliphatic heterocycles. The van der Waals surface area contributed by atoms with Gasteiger partial charge in [-0.1, -0.05) is 12.1 Å². The Bertz CT molecular complexity index is 839. The fourth-order valence-electron chi connectivity index (χ4n) is 2.98. The average molecular weight is 413 g/mol. The van der Waals surface area contributed by atoms with Crippen LogP contribution in [0, 0.1) is 0 Å². The molecule has 3 rings (SSSR count). The number of ether oxygens (including phenoxy) is 3. The minimum atomic E-state index is -0.513. The van der Waals surface area contributed by atoms with Gasteiger partial charge in [0.15, 0.2) is 0 Å². The van der Waals surface area contributed by atoms with Crippen LogP contribution in [-0.4, -0.2) is 38.0 Å². The van der Waals surface area contributed by atoms with Crippen LogP contribution in [0.3, 0.4) is 0 Å². The second-order valence-electron chi connectivity index (χ2n) is 8.53. The quantitative estimate of drug-likeness (QED) is 0.593. The molecule has 0 atom stereocenters. The van der Waals surface area contributed by atoms with E-state index in [-0.39, 0.29) is 0 Å². The lowest BCUT2D eigenvalue weighted by Crippen LogP contribution is -2.34. The van der Waals surface area contributed by atoms with Gasteiger partial charge in [-0.3, -0.25) is 0 Å². The number of hydrogen-bond acceptors (Lipinski definition) is 5. The van der Waals surface area contributed by atoms with Crippen molar-refractivity contribution < 1.29 is 19.0 Å². The maximum absolute atomic E-state index is 11.8. The summed E-state index contributed by atoms with van der Waals surface area (Å²) in [4.78, 5) is 11.8. The standard InChI is InChI=1S/C24H32N2O4/c1-24(2,3)30-23(27)25-11-12-29-22-14-17(16-26-20-7-8-20)13-19(15-22)18-5-9-21(28-4)10-6-18/h5-6,9-10,13-15,20,26H,7-8,11-12,16H2,1-4H3,(H,25,27). The normalized spacial score (nSPS) is 13.6. The molecule has 2 aromatic rings. The Hall–Kier alpha value is -2.73. The molecule has 0 aromatic heterocycles. The number of carbonyl (C=O) groups is 1. The van der Waals surface area contributed by atoms with Crippen LogP contribution in [0.2, 0.25) is 0 Å². The van der Waals surface area contributed by atoms with Gasteiger partial charge in [-0.15, -0.1) is 0 Å². The third kappa shape index (κ3) is 7.26. The van der Waals surface area contributed by atoms with Crippen molar-refractivity contribution in [1.82, 2.24) is 10.6 Å². The number of alkyl carbamates (subject to hydrolysis) is 1. The van der Waals surface area contributed by atoms with E-state index in [1.807, 2.05) is 51.1 Å². The van der Waals surface area contributed by atoms with Gasteiger partial charge in [0.2, 0.25) is 0 Å². The summed E-state index contributed by atoms with van der Waals surface area (Å²) in [6.07, 6.45) is 2.06. The Kier molecular flexibility index (Phi) is 7.21. The van der Waals surface area contributed by atoms with Gasteiger partial charge in [-0.25, -0.2) is 4.79 Å².